The van der Waals surface area contributed by atoms with Crippen LogP contribution in [0.25, 0.3) is 0 Å². The number of amides is 2. The van der Waals surface area contributed by atoms with Gasteiger partial charge in [-0.25, -0.2) is 4.79 Å². The highest BCUT2D eigenvalue weighted by atomic mass is 32.2. The second kappa shape index (κ2) is 7.04. The number of hydroxylamine groups is 2. The molecule has 1 aromatic heterocycles. The van der Waals surface area contributed by atoms with Crippen molar-refractivity contribution in [3.63, 3.8) is 0 Å². The minimum absolute atomic E-state index is 0.112. The Bertz CT molecular complexity index is 490. The molecule has 2 heterocycles. The van der Waals surface area contributed by atoms with Crippen LogP contribution >= 0.6 is 11.8 Å². The van der Waals surface area contributed by atoms with Gasteiger partial charge < -0.3 is 4.84 Å². The maximum absolute atomic E-state index is 11.5. The predicted octanol–water partition coefficient (Wildman–Crippen LogP) is 0.964. The Morgan fingerprint density at radius 1 is 1.25 bits per heavy atom. The Labute approximate surface area is 120 Å². The van der Waals surface area contributed by atoms with Crippen molar-refractivity contribution in [1.29, 1.82) is 0 Å². The van der Waals surface area contributed by atoms with Crippen molar-refractivity contribution in [1.82, 2.24) is 10.0 Å². The first-order valence-electron chi connectivity index (χ1n) is 6.20. The number of pyridine rings is 1. The number of carbonyl (C=O) groups is 3. The standard InChI is InChI=1S/C13H14N2O4S/c16-11-1-2-12(17)15(11)19-13(18)9-20-8-5-10-3-6-14-7-4-10/h3-4,6-7H,1-2,5,8-9H2. The van der Waals surface area contributed by atoms with E-state index >= 15 is 0 Å². The SMILES string of the molecule is O=C(CSCCc1ccncc1)ON1C(=O)CCC1=O. The summed E-state index contributed by atoms with van der Waals surface area (Å²) in [6.07, 6.45) is 4.49. The molecule has 0 spiro atoms. The van der Waals surface area contributed by atoms with Gasteiger partial charge in [0, 0.05) is 25.2 Å². The second-order valence-electron chi connectivity index (χ2n) is 4.20. The fourth-order valence-corrected chi connectivity index (χ4v) is 2.42. The van der Waals surface area contributed by atoms with E-state index in [1.54, 1.807) is 12.4 Å². The second-order valence-corrected chi connectivity index (χ2v) is 5.31. The van der Waals surface area contributed by atoms with E-state index in [1.807, 2.05) is 12.1 Å². The molecule has 0 bridgehead atoms. The van der Waals surface area contributed by atoms with Crippen LogP contribution in [0.5, 0.6) is 0 Å². The normalized spacial score (nSPS) is 14.7. The van der Waals surface area contributed by atoms with Crippen LogP contribution in [0.2, 0.25) is 0 Å². The van der Waals surface area contributed by atoms with Crippen LogP contribution in [0.3, 0.4) is 0 Å². The lowest BCUT2D eigenvalue weighted by Gasteiger charge is -2.12. The highest BCUT2D eigenvalue weighted by molar-refractivity contribution is 7.99. The first kappa shape index (κ1) is 14.5. The van der Waals surface area contributed by atoms with E-state index in [9.17, 15) is 14.4 Å². The number of nitrogens with zero attached hydrogens (tertiary/aromatic N) is 2. The third-order valence-electron chi connectivity index (χ3n) is 2.70. The van der Waals surface area contributed by atoms with Crippen molar-refractivity contribution in [2.24, 2.45) is 0 Å². The molecule has 0 saturated carbocycles. The number of hydrogen-bond donors (Lipinski definition) is 0. The van der Waals surface area contributed by atoms with Crippen LogP contribution < -0.4 is 0 Å². The Morgan fingerprint density at radius 2 is 1.90 bits per heavy atom. The van der Waals surface area contributed by atoms with Crippen LogP contribution in [0.4, 0.5) is 0 Å². The van der Waals surface area contributed by atoms with Gasteiger partial charge in [0.1, 0.15) is 0 Å². The van der Waals surface area contributed by atoms with Crippen LogP contribution in [0.15, 0.2) is 24.5 Å². The van der Waals surface area contributed by atoms with Gasteiger partial charge in [0.15, 0.2) is 0 Å². The van der Waals surface area contributed by atoms with Crippen molar-refractivity contribution in [3.05, 3.63) is 30.1 Å². The van der Waals surface area contributed by atoms with Crippen molar-refractivity contribution < 1.29 is 19.2 Å². The number of imide groups is 1. The lowest BCUT2D eigenvalue weighted by atomic mass is 10.2. The largest absolute Gasteiger partial charge is 0.342 e. The predicted molar refractivity (Wildman–Crippen MR) is 72.4 cm³/mol. The fourth-order valence-electron chi connectivity index (χ4n) is 1.68. The van der Waals surface area contributed by atoms with Crippen LogP contribution in [0.1, 0.15) is 18.4 Å². The fraction of sp³-hybridized carbons (Fsp3) is 0.385. The molecule has 0 atom stereocenters. The molecule has 0 aromatic carbocycles. The monoisotopic (exact) mass is 294 g/mol. The third kappa shape index (κ3) is 4.06. The number of carbonyl (C=O) groups excluding carboxylic acids is 3. The molecule has 1 aromatic rings. The molecule has 1 saturated heterocycles. The molecule has 0 unspecified atom stereocenters. The summed E-state index contributed by atoms with van der Waals surface area (Å²) in [6.45, 7) is 0. The van der Waals surface area contributed by atoms with Gasteiger partial charge in [-0.1, -0.05) is 0 Å². The van der Waals surface area contributed by atoms with Gasteiger partial charge in [-0.2, -0.15) is 0 Å². The zero-order chi connectivity index (χ0) is 14.4. The smallest absolute Gasteiger partial charge is 0.329 e. The molecule has 0 aliphatic carbocycles. The van der Waals surface area contributed by atoms with Gasteiger partial charge >= 0.3 is 5.97 Å². The molecule has 2 amide bonds. The quantitative estimate of drug-likeness (QED) is 0.574. The molecule has 0 N–H and O–H groups in total. The number of hydrogen-bond acceptors (Lipinski definition) is 6. The molecule has 1 fully saturated rings. The van der Waals surface area contributed by atoms with Crippen molar-refractivity contribution in [2.75, 3.05) is 11.5 Å². The zero-order valence-corrected chi connectivity index (χ0v) is 11.6. The van der Waals surface area contributed by atoms with E-state index < -0.39 is 17.8 Å². The summed E-state index contributed by atoms with van der Waals surface area (Å²) in [7, 11) is 0. The minimum Gasteiger partial charge on any atom is -0.329 e. The average molecular weight is 294 g/mol. The molecule has 1 aliphatic heterocycles. The van der Waals surface area contributed by atoms with Gasteiger partial charge in [-0.05, 0) is 29.9 Å². The van der Waals surface area contributed by atoms with Crippen molar-refractivity contribution in [2.45, 2.75) is 19.3 Å². The molecule has 0 radical (unpaired) electrons. The maximum Gasteiger partial charge on any atom is 0.342 e. The number of aromatic nitrogens is 1. The Hall–Kier alpha value is -1.89. The van der Waals surface area contributed by atoms with E-state index in [4.69, 9.17) is 4.84 Å². The summed E-state index contributed by atoms with van der Waals surface area (Å²) in [5.41, 5.74) is 1.14. The summed E-state index contributed by atoms with van der Waals surface area (Å²) < 4.78 is 0. The van der Waals surface area contributed by atoms with Crippen molar-refractivity contribution in [3.8, 4) is 0 Å². The summed E-state index contributed by atoms with van der Waals surface area (Å²) in [6, 6.07) is 3.83. The molecule has 2 rings (SSSR count). The number of rotatable bonds is 6. The number of thioether (sulfide) groups is 1. The van der Waals surface area contributed by atoms with E-state index in [1.165, 1.54) is 11.8 Å². The van der Waals surface area contributed by atoms with Gasteiger partial charge in [0.05, 0.1) is 5.75 Å². The summed E-state index contributed by atoms with van der Waals surface area (Å²) in [5, 5.41) is 0.575. The first-order chi connectivity index (χ1) is 9.66. The summed E-state index contributed by atoms with van der Waals surface area (Å²) >= 11 is 1.40. The summed E-state index contributed by atoms with van der Waals surface area (Å²) in [4.78, 5) is 42.7. The third-order valence-corrected chi connectivity index (χ3v) is 3.64. The molecular formula is C13H14N2O4S. The van der Waals surface area contributed by atoms with Crippen molar-refractivity contribution >= 4 is 29.5 Å². The van der Waals surface area contributed by atoms with Gasteiger partial charge in [0.2, 0.25) is 0 Å². The molecule has 1 aliphatic rings. The van der Waals surface area contributed by atoms with Gasteiger partial charge in [0.25, 0.3) is 11.8 Å². The molecule has 106 valence electrons. The zero-order valence-electron chi connectivity index (χ0n) is 10.8. The topological polar surface area (TPSA) is 76.6 Å². The van der Waals surface area contributed by atoms with E-state index in [0.717, 1.165) is 17.7 Å². The average Bonchev–Trinajstić information content (AvgIpc) is 2.77. The minimum atomic E-state index is -0.576. The highest BCUT2D eigenvalue weighted by Gasteiger charge is 2.32. The highest BCUT2D eigenvalue weighted by Crippen LogP contribution is 2.13. The Kier molecular flexibility index (Phi) is 5.11. The van der Waals surface area contributed by atoms with E-state index in [-0.39, 0.29) is 18.6 Å². The molecular weight excluding hydrogens is 280 g/mol. The van der Waals surface area contributed by atoms with Crippen LogP contribution in [-0.2, 0) is 25.6 Å². The molecule has 7 heteroatoms. The molecule has 6 nitrogen and oxygen atoms in total. The van der Waals surface area contributed by atoms with E-state index in [2.05, 4.69) is 4.98 Å². The van der Waals surface area contributed by atoms with Gasteiger partial charge in [-0.3, -0.25) is 14.6 Å². The van der Waals surface area contributed by atoms with Crippen LogP contribution in [-0.4, -0.2) is 39.3 Å². The molecule has 20 heavy (non-hydrogen) atoms. The Balaban J connectivity index is 1.65. The lowest BCUT2D eigenvalue weighted by Crippen LogP contribution is -2.32. The maximum atomic E-state index is 11.5. The van der Waals surface area contributed by atoms with Gasteiger partial charge in [-0.15, -0.1) is 16.8 Å². The summed E-state index contributed by atoms with van der Waals surface area (Å²) in [5.74, 6) is -0.619. The number of aryl methyl sites for hydroxylation is 1. The lowest BCUT2D eigenvalue weighted by molar-refractivity contribution is -0.195. The first-order valence-corrected chi connectivity index (χ1v) is 7.35. The Morgan fingerprint density at radius 3 is 2.55 bits per heavy atom. The van der Waals surface area contributed by atoms with E-state index in [0.29, 0.717) is 5.06 Å². The van der Waals surface area contributed by atoms with Crippen LogP contribution in [0, 0.1) is 0 Å².